The zero-order valence-corrected chi connectivity index (χ0v) is 14.2. The Morgan fingerprint density at radius 2 is 2.10 bits per heavy atom. The molecule has 0 amide bonds. The number of aryl methyl sites for hydroxylation is 1. The summed E-state index contributed by atoms with van der Waals surface area (Å²) in [4.78, 5) is 1.37. The van der Waals surface area contributed by atoms with Crippen LogP contribution < -0.4 is 10.0 Å². The molecule has 2 N–H and O–H groups in total. The molecule has 1 aromatic heterocycles. The first kappa shape index (κ1) is 15.9. The number of nitrogens with one attached hydrogen (secondary N) is 2. The molecule has 1 fully saturated rings. The average Bonchev–Trinajstić information content (AvgIpc) is 2.92. The second kappa shape index (κ2) is 6.13. The van der Waals surface area contributed by atoms with Crippen molar-refractivity contribution < 1.29 is 8.42 Å². The van der Waals surface area contributed by atoms with Gasteiger partial charge in [-0.15, -0.1) is 11.3 Å². The highest BCUT2D eigenvalue weighted by atomic mass is 32.2. The zero-order chi connectivity index (χ0) is 14.9. The Labute approximate surface area is 126 Å². The minimum Gasteiger partial charge on any atom is -0.310 e. The van der Waals surface area contributed by atoms with Gasteiger partial charge in [0.25, 0.3) is 0 Å². The molecule has 0 saturated heterocycles. The minimum absolute atomic E-state index is 0.341. The van der Waals surface area contributed by atoms with Crippen LogP contribution in [0.5, 0.6) is 0 Å². The maximum Gasteiger partial charge on any atom is 0.241 e. The Balaban J connectivity index is 2.10. The average molecular weight is 316 g/mol. The second-order valence-corrected chi connectivity index (χ2v) is 8.70. The lowest BCUT2D eigenvalue weighted by molar-refractivity contribution is 0.566. The van der Waals surface area contributed by atoms with Crippen molar-refractivity contribution in [2.24, 2.45) is 11.8 Å². The zero-order valence-electron chi connectivity index (χ0n) is 12.6. The van der Waals surface area contributed by atoms with Gasteiger partial charge in [0.15, 0.2) is 0 Å². The third-order valence-corrected chi connectivity index (χ3v) is 6.63. The van der Waals surface area contributed by atoms with E-state index in [0.717, 1.165) is 16.9 Å². The molecule has 1 saturated carbocycles. The van der Waals surface area contributed by atoms with E-state index in [4.69, 9.17) is 0 Å². The molecule has 2 atom stereocenters. The summed E-state index contributed by atoms with van der Waals surface area (Å²) in [6.07, 6.45) is 1.13. The van der Waals surface area contributed by atoms with E-state index in [1.807, 2.05) is 12.3 Å². The Morgan fingerprint density at radius 3 is 2.65 bits per heavy atom. The SMILES string of the molecule is Cc1csc(CNC(C)C)c1S(=O)(=O)NCC1CC1C. The molecule has 0 radical (unpaired) electrons. The molecule has 0 spiro atoms. The van der Waals surface area contributed by atoms with Gasteiger partial charge in [-0.2, -0.15) is 0 Å². The van der Waals surface area contributed by atoms with Crippen molar-refractivity contribution in [1.82, 2.24) is 10.0 Å². The van der Waals surface area contributed by atoms with E-state index >= 15 is 0 Å². The maximum atomic E-state index is 12.5. The first-order valence-corrected chi connectivity index (χ1v) is 9.47. The van der Waals surface area contributed by atoms with Crippen molar-refractivity contribution in [3.8, 4) is 0 Å². The quantitative estimate of drug-likeness (QED) is 0.812. The Kier molecular flexibility index (Phi) is 4.89. The first-order chi connectivity index (χ1) is 9.31. The molecule has 114 valence electrons. The van der Waals surface area contributed by atoms with E-state index in [0.29, 0.717) is 35.9 Å². The van der Waals surface area contributed by atoms with Gasteiger partial charge in [-0.1, -0.05) is 20.8 Å². The van der Waals surface area contributed by atoms with Crippen LogP contribution in [0.4, 0.5) is 0 Å². The van der Waals surface area contributed by atoms with Crippen molar-refractivity contribution in [2.75, 3.05) is 6.54 Å². The van der Waals surface area contributed by atoms with Crippen molar-refractivity contribution in [2.45, 2.75) is 51.6 Å². The van der Waals surface area contributed by atoms with E-state index in [9.17, 15) is 8.42 Å². The summed E-state index contributed by atoms with van der Waals surface area (Å²) in [5.74, 6) is 1.17. The van der Waals surface area contributed by atoms with Gasteiger partial charge < -0.3 is 5.32 Å². The summed E-state index contributed by atoms with van der Waals surface area (Å²) < 4.78 is 27.7. The number of hydrogen-bond acceptors (Lipinski definition) is 4. The summed E-state index contributed by atoms with van der Waals surface area (Å²) in [6.45, 7) is 9.31. The fourth-order valence-electron chi connectivity index (χ4n) is 2.24. The molecule has 0 bridgehead atoms. The molecule has 1 heterocycles. The molecule has 1 aliphatic carbocycles. The van der Waals surface area contributed by atoms with Crippen LogP contribution in [-0.4, -0.2) is 21.0 Å². The van der Waals surface area contributed by atoms with Crippen LogP contribution in [0.2, 0.25) is 0 Å². The van der Waals surface area contributed by atoms with Gasteiger partial charge in [-0.3, -0.25) is 0 Å². The van der Waals surface area contributed by atoms with Gasteiger partial charge in [-0.05, 0) is 36.1 Å². The molecule has 0 aliphatic heterocycles. The lowest BCUT2D eigenvalue weighted by atomic mass is 10.3. The molecule has 2 rings (SSSR count). The number of sulfonamides is 1. The molecular formula is C14H24N2O2S2. The Bertz CT molecular complexity index is 564. The summed E-state index contributed by atoms with van der Waals surface area (Å²) in [5.41, 5.74) is 0.840. The molecular weight excluding hydrogens is 292 g/mol. The Morgan fingerprint density at radius 1 is 1.45 bits per heavy atom. The van der Waals surface area contributed by atoms with E-state index in [2.05, 4.69) is 30.8 Å². The van der Waals surface area contributed by atoms with Gasteiger partial charge in [-0.25, -0.2) is 13.1 Å². The lowest BCUT2D eigenvalue weighted by Crippen LogP contribution is -2.28. The van der Waals surface area contributed by atoms with Gasteiger partial charge in [0, 0.05) is 24.0 Å². The molecule has 1 aromatic rings. The fraction of sp³-hybridized carbons (Fsp3) is 0.714. The molecule has 4 nitrogen and oxygen atoms in total. The second-order valence-electron chi connectivity index (χ2n) is 6.03. The van der Waals surface area contributed by atoms with Crippen LogP contribution in [0.3, 0.4) is 0 Å². The standard InChI is InChI=1S/C14H24N2O2S2/c1-9(2)15-7-13-14(11(4)8-19-13)20(17,18)16-6-12-5-10(12)3/h8-10,12,15-16H,5-7H2,1-4H3. The smallest absolute Gasteiger partial charge is 0.241 e. The van der Waals surface area contributed by atoms with Crippen LogP contribution in [0.25, 0.3) is 0 Å². The van der Waals surface area contributed by atoms with E-state index in [1.54, 1.807) is 0 Å². The summed E-state index contributed by atoms with van der Waals surface area (Å²) >= 11 is 1.51. The first-order valence-electron chi connectivity index (χ1n) is 7.11. The van der Waals surface area contributed by atoms with E-state index in [1.165, 1.54) is 11.3 Å². The largest absolute Gasteiger partial charge is 0.310 e. The summed E-state index contributed by atoms with van der Waals surface area (Å²) in [6, 6.07) is 0.341. The molecule has 2 unspecified atom stereocenters. The molecule has 6 heteroatoms. The summed E-state index contributed by atoms with van der Waals surface area (Å²) in [7, 11) is -3.38. The highest BCUT2D eigenvalue weighted by Crippen LogP contribution is 2.37. The van der Waals surface area contributed by atoms with E-state index < -0.39 is 10.0 Å². The number of rotatable bonds is 7. The lowest BCUT2D eigenvalue weighted by Gasteiger charge is -2.11. The maximum absolute atomic E-state index is 12.5. The van der Waals surface area contributed by atoms with Crippen LogP contribution in [0.15, 0.2) is 10.3 Å². The van der Waals surface area contributed by atoms with E-state index in [-0.39, 0.29) is 0 Å². The van der Waals surface area contributed by atoms with Crippen molar-refractivity contribution in [3.05, 3.63) is 15.8 Å². The third-order valence-electron chi connectivity index (χ3n) is 3.74. The molecule has 20 heavy (non-hydrogen) atoms. The predicted molar refractivity (Wildman–Crippen MR) is 83.5 cm³/mol. The van der Waals surface area contributed by atoms with Crippen LogP contribution in [-0.2, 0) is 16.6 Å². The number of thiophene rings is 1. The topological polar surface area (TPSA) is 58.2 Å². The van der Waals surface area contributed by atoms with Crippen molar-refractivity contribution in [3.63, 3.8) is 0 Å². The molecule has 1 aliphatic rings. The minimum atomic E-state index is -3.38. The third kappa shape index (κ3) is 3.81. The fourth-order valence-corrected chi connectivity index (χ4v) is 5.09. The summed E-state index contributed by atoms with van der Waals surface area (Å²) in [5, 5.41) is 5.21. The van der Waals surface area contributed by atoms with Gasteiger partial charge in [0.1, 0.15) is 4.90 Å². The monoisotopic (exact) mass is 316 g/mol. The van der Waals surface area contributed by atoms with Gasteiger partial charge in [0.05, 0.1) is 0 Å². The van der Waals surface area contributed by atoms with Crippen molar-refractivity contribution in [1.29, 1.82) is 0 Å². The van der Waals surface area contributed by atoms with Crippen LogP contribution in [0, 0.1) is 18.8 Å². The van der Waals surface area contributed by atoms with Crippen LogP contribution in [0.1, 0.15) is 37.6 Å². The van der Waals surface area contributed by atoms with Gasteiger partial charge >= 0.3 is 0 Å². The normalized spacial score (nSPS) is 22.4. The predicted octanol–water partition coefficient (Wildman–Crippen LogP) is 2.49. The number of hydrogen-bond donors (Lipinski definition) is 2. The van der Waals surface area contributed by atoms with Gasteiger partial charge in [0.2, 0.25) is 10.0 Å². The van der Waals surface area contributed by atoms with Crippen LogP contribution >= 0.6 is 11.3 Å². The Hall–Kier alpha value is -0.430. The van der Waals surface area contributed by atoms with Crippen molar-refractivity contribution >= 4 is 21.4 Å². The highest BCUT2D eigenvalue weighted by Gasteiger charge is 2.34. The molecule has 0 aromatic carbocycles. The highest BCUT2D eigenvalue weighted by molar-refractivity contribution is 7.89.